The lowest BCUT2D eigenvalue weighted by molar-refractivity contribution is -0.220. The van der Waals surface area contributed by atoms with Gasteiger partial charge in [-0.3, -0.25) is 9.59 Å². The van der Waals surface area contributed by atoms with Crippen molar-refractivity contribution in [2.24, 2.45) is 45.3 Å². The predicted molar refractivity (Wildman–Crippen MR) is 140 cm³/mol. The van der Waals surface area contributed by atoms with Crippen LogP contribution in [0.4, 0.5) is 8.78 Å². The summed E-state index contributed by atoms with van der Waals surface area (Å²) in [6, 6.07) is 0. The van der Waals surface area contributed by atoms with Crippen LogP contribution in [0.2, 0.25) is 0 Å². The molecule has 9 atom stereocenters. The molecule has 0 heterocycles. The Balaban J connectivity index is 1.61. The van der Waals surface area contributed by atoms with E-state index in [1.54, 1.807) is 26.8 Å². The van der Waals surface area contributed by atoms with E-state index in [4.69, 9.17) is 21.1 Å². The molecule has 0 aromatic heterocycles. The number of ether oxygens (including phenoxy) is 2. The molecule has 0 amide bonds. The van der Waals surface area contributed by atoms with Gasteiger partial charge in [0.15, 0.2) is 5.78 Å². The Morgan fingerprint density at radius 3 is 2.28 bits per heavy atom. The van der Waals surface area contributed by atoms with Gasteiger partial charge in [0.05, 0.1) is 16.9 Å². The molecule has 5 aliphatic carbocycles. The number of esters is 2. The van der Waals surface area contributed by atoms with Crippen LogP contribution in [-0.2, 0) is 23.9 Å². The molecule has 4 saturated carbocycles. The summed E-state index contributed by atoms with van der Waals surface area (Å²) in [5, 5.41) is 11.8. The SMILES string of the molecule is C[C@@H]1C[C@H]2[C@@H]3C[C@H](F)C4=CC(=O)C=C[C@]4(C)[C@@]3(Cl)[C@@H](O)C[C@]2(C)[C@@]1(OC(=O)C1C(C)(C)C1(C)C)C(=O)OCF. The Kier molecular flexibility index (Phi) is 6.16. The van der Waals surface area contributed by atoms with Crippen molar-refractivity contribution >= 4 is 29.3 Å². The molecule has 5 aliphatic rings. The van der Waals surface area contributed by atoms with E-state index in [-0.39, 0.29) is 35.0 Å². The van der Waals surface area contributed by atoms with Crippen molar-refractivity contribution < 1.29 is 37.7 Å². The maximum absolute atomic E-state index is 15.8. The molecule has 6 nitrogen and oxygen atoms in total. The van der Waals surface area contributed by atoms with Crippen molar-refractivity contribution in [2.45, 2.75) is 90.5 Å². The standard InChI is InChI=1S/C30H39ClF2O6/c1-15-10-17-18-12-20(33)19-11-16(34)8-9-27(19,6)29(18,31)21(35)13-28(17,7)30(15,24(37)38-14-32)39-23(36)22-25(2,3)26(22,4)5/h8-9,11,15,17-18,20-22,35H,10,12-14H2,1-7H3/t15-,17+,18+,20+,21+,27+,28+,29+,30+/m1/s1. The van der Waals surface area contributed by atoms with Crippen molar-refractivity contribution in [2.75, 3.05) is 6.86 Å². The van der Waals surface area contributed by atoms with Crippen molar-refractivity contribution in [3.05, 3.63) is 23.8 Å². The first kappa shape index (κ1) is 28.7. The topological polar surface area (TPSA) is 89.9 Å². The van der Waals surface area contributed by atoms with Gasteiger partial charge in [0.1, 0.15) is 6.17 Å². The van der Waals surface area contributed by atoms with Gasteiger partial charge >= 0.3 is 11.9 Å². The minimum Gasteiger partial charge on any atom is -0.446 e. The lowest BCUT2D eigenvalue weighted by Gasteiger charge is -2.64. The third-order valence-corrected chi connectivity index (χ3v) is 13.1. The highest BCUT2D eigenvalue weighted by atomic mass is 35.5. The summed E-state index contributed by atoms with van der Waals surface area (Å²) in [4.78, 5) is 38.1. The molecule has 0 aromatic carbocycles. The number of fused-ring (bicyclic) bond motifs is 5. The van der Waals surface area contributed by atoms with E-state index in [9.17, 15) is 23.9 Å². The molecule has 5 rings (SSSR count). The molecule has 0 bridgehead atoms. The number of hydrogen-bond donors (Lipinski definition) is 1. The van der Waals surface area contributed by atoms with Gasteiger partial charge in [-0.05, 0) is 59.7 Å². The van der Waals surface area contributed by atoms with E-state index >= 15 is 4.39 Å². The largest absolute Gasteiger partial charge is 0.446 e. The molecule has 4 fully saturated rings. The number of aliphatic hydroxyl groups is 1. The maximum Gasteiger partial charge on any atom is 0.353 e. The van der Waals surface area contributed by atoms with Gasteiger partial charge in [0, 0.05) is 16.7 Å². The van der Waals surface area contributed by atoms with Crippen molar-refractivity contribution in [1.29, 1.82) is 0 Å². The van der Waals surface area contributed by atoms with E-state index in [0.717, 1.165) is 0 Å². The number of alkyl halides is 3. The summed E-state index contributed by atoms with van der Waals surface area (Å²) >= 11 is 7.40. The normalized spacial score (nSPS) is 47.4. The van der Waals surface area contributed by atoms with Crippen LogP contribution in [0.25, 0.3) is 0 Å². The fourth-order valence-electron chi connectivity index (χ4n) is 9.38. The molecule has 1 N–H and O–H groups in total. The third-order valence-electron chi connectivity index (χ3n) is 12.2. The van der Waals surface area contributed by atoms with E-state index in [1.165, 1.54) is 12.2 Å². The quantitative estimate of drug-likeness (QED) is 0.368. The number of allylic oxidation sites excluding steroid dienone is 4. The van der Waals surface area contributed by atoms with Crippen LogP contribution in [0.15, 0.2) is 23.8 Å². The number of halogens is 3. The Labute approximate surface area is 233 Å². The maximum atomic E-state index is 15.8. The zero-order valence-corrected chi connectivity index (χ0v) is 24.4. The fraction of sp³-hybridized carbons (Fsp3) is 0.767. The van der Waals surface area contributed by atoms with Gasteiger partial charge in [-0.15, -0.1) is 11.6 Å². The van der Waals surface area contributed by atoms with E-state index < -0.39 is 76.1 Å². The van der Waals surface area contributed by atoms with Crippen LogP contribution < -0.4 is 0 Å². The number of carbonyl (C=O) groups excluding carboxylic acids is 3. The highest BCUT2D eigenvalue weighted by Crippen LogP contribution is 2.74. The summed E-state index contributed by atoms with van der Waals surface area (Å²) in [6.45, 7) is 11.7. The van der Waals surface area contributed by atoms with Crippen molar-refractivity contribution in [1.82, 2.24) is 0 Å². The van der Waals surface area contributed by atoms with Crippen LogP contribution in [-0.4, -0.2) is 52.4 Å². The lowest BCUT2D eigenvalue weighted by atomic mass is 9.45. The average molecular weight is 569 g/mol. The van der Waals surface area contributed by atoms with Gasteiger partial charge in [-0.2, -0.15) is 0 Å². The van der Waals surface area contributed by atoms with Crippen LogP contribution in [0, 0.1) is 45.3 Å². The molecule has 0 unspecified atom stereocenters. The minimum absolute atomic E-state index is 0.0598. The Morgan fingerprint density at radius 1 is 1.10 bits per heavy atom. The number of carbonyl (C=O) groups is 3. The monoisotopic (exact) mass is 568 g/mol. The van der Waals surface area contributed by atoms with Gasteiger partial charge in [-0.25, -0.2) is 13.6 Å². The highest BCUT2D eigenvalue weighted by Gasteiger charge is 2.79. The number of rotatable bonds is 4. The second-order valence-electron chi connectivity index (χ2n) is 14.1. The zero-order valence-electron chi connectivity index (χ0n) is 23.6. The van der Waals surface area contributed by atoms with Gasteiger partial charge in [0.2, 0.25) is 12.5 Å². The van der Waals surface area contributed by atoms with Crippen LogP contribution in [0.3, 0.4) is 0 Å². The third kappa shape index (κ3) is 3.25. The number of hydrogen-bond acceptors (Lipinski definition) is 6. The van der Waals surface area contributed by atoms with Gasteiger partial charge in [0.25, 0.3) is 0 Å². The molecule has 216 valence electrons. The Morgan fingerprint density at radius 2 is 1.72 bits per heavy atom. The van der Waals surface area contributed by atoms with Crippen LogP contribution in [0.5, 0.6) is 0 Å². The molecule has 0 aliphatic heterocycles. The molecular weight excluding hydrogens is 530 g/mol. The second-order valence-corrected chi connectivity index (χ2v) is 14.7. The van der Waals surface area contributed by atoms with Crippen LogP contribution in [0.1, 0.15) is 67.7 Å². The molecule has 0 aromatic rings. The molecule has 0 radical (unpaired) electrons. The van der Waals surface area contributed by atoms with Crippen molar-refractivity contribution in [3.8, 4) is 0 Å². The Hall–Kier alpha value is -1.80. The molecule has 0 spiro atoms. The van der Waals surface area contributed by atoms with Crippen molar-refractivity contribution in [3.63, 3.8) is 0 Å². The average Bonchev–Trinajstić information content (AvgIpc) is 3.14. The molecule has 39 heavy (non-hydrogen) atoms. The summed E-state index contributed by atoms with van der Waals surface area (Å²) in [6.07, 6.45) is 1.66. The molecule has 9 heteroatoms. The summed E-state index contributed by atoms with van der Waals surface area (Å²) in [5.74, 6) is -4.10. The predicted octanol–water partition coefficient (Wildman–Crippen LogP) is 5.25. The van der Waals surface area contributed by atoms with E-state index in [0.29, 0.717) is 6.42 Å². The van der Waals surface area contributed by atoms with Gasteiger partial charge in [-0.1, -0.05) is 54.5 Å². The Bertz CT molecular complexity index is 1180. The number of aliphatic hydroxyl groups excluding tert-OH is 1. The summed E-state index contributed by atoms with van der Waals surface area (Å²) in [7, 11) is 0. The summed E-state index contributed by atoms with van der Waals surface area (Å²) in [5.41, 5.74) is -4.77. The first-order valence-corrected chi connectivity index (χ1v) is 14.2. The highest BCUT2D eigenvalue weighted by molar-refractivity contribution is 6.26. The first-order chi connectivity index (χ1) is 17.9. The van der Waals surface area contributed by atoms with Crippen LogP contribution >= 0.6 is 11.6 Å². The smallest absolute Gasteiger partial charge is 0.353 e. The minimum atomic E-state index is -1.89. The molecular formula is C30H39ClF2O6. The second kappa shape index (κ2) is 8.37. The lowest BCUT2D eigenvalue weighted by Crippen LogP contribution is -2.70. The first-order valence-electron chi connectivity index (χ1n) is 13.8. The number of ketones is 1. The fourth-order valence-corrected chi connectivity index (χ4v) is 9.87. The van der Waals surface area contributed by atoms with Gasteiger partial charge < -0.3 is 14.6 Å². The van der Waals surface area contributed by atoms with E-state index in [1.807, 2.05) is 27.7 Å². The molecule has 0 saturated heterocycles. The zero-order chi connectivity index (χ0) is 29.1. The van der Waals surface area contributed by atoms with E-state index in [2.05, 4.69) is 0 Å². The summed E-state index contributed by atoms with van der Waals surface area (Å²) < 4.78 is 40.5.